The number of aryl methyl sites for hydroxylation is 1. The normalized spacial score (nSPS) is 10.3. The molecule has 0 radical (unpaired) electrons. The summed E-state index contributed by atoms with van der Waals surface area (Å²) in [5, 5.41) is 7.41. The van der Waals surface area contributed by atoms with Gasteiger partial charge in [0.1, 0.15) is 17.3 Å². The first kappa shape index (κ1) is 16.8. The fraction of sp³-hybridized carbons (Fsp3) is 0.333. The van der Waals surface area contributed by atoms with Gasteiger partial charge in [0.15, 0.2) is 0 Å². The second kappa shape index (κ2) is 8.78. The summed E-state index contributed by atoms with van der Waals surface area (Å²) >= 11 is 0. The fourth-order valence-corrected chi connectivity index (χ4v) is 2.05. The fourth-order valence-electron chi connectivity index (χ4n) is 2.05. The molecule has 1 aromatic carbocycles. The summed E-state index contributed by atoms with van der Waals surface area (Å²) in [5.74, 6) is 1.62. The number of nitrogens with zero attached hydrogens (tertiary/aromatic N) is 1. The van der Waals surface area contributed by atoms with Crippen molar-refractivity contribution in [3.05, 3.63) is 53.9 Å². The highest BCUT2D eigenvalue weighted by atomic mass is 16.5. The van der Waals surface area contributed by atoms with E-state index in [2.05, 4.69) is 4.98 Å². The molecule has 0 unspecified atom stereocenters. The number of ether oxygens (including phenoxy) is 2. The summed E-state index contributed by atoms with van der Waals surface area (Å²) in [4.78, 5) is 4.19. The molecule has 0 fully saturated rings. The van der Waals surface area contributed by atoms with Gasteiger partial charge in [-0.15, -0.1) is 0 Å². The highest BCUT2D eigenvalue weighted by Gasteiger charge is 2.00. The van der Waals surface area contributed by atoms with Gasteiger partial charge in [0.25, 0.3) is 0 Å². The molecular weight excluding hydrogens is 290 g/mol. The molecular formula is C18H23N3O2. The number of hydrogen-bond acceptors (Lipinski definition) is 4. The van der Waals surface area contributed by atoms with Crippen LogP contribution in [0.4, 0.5) is 0 Å². The lowest BCUT2D eigenvalue weighted by Gasteiger charge is -2.08. The Labute approximate surface area is 137 Å². The van der Waals surface area contributed by atoms with Crippen LogP contribution in [-0.4, -0.2) is 24.0 Å². The number of benzene rings is 1. The largest absolute Gasteiger partial charge is 0.494 e. The Bertz CT molecular complexity index is 626. The van der Waals surface area contributed by atoms with Gasteiger partial charge in [-0.3, -0.25) is 10.4 Å². The summed E-state index contributed by atoms with van der Waals surface area (Å²) in [6, 6.07) is 11.2. The van der Waals surface area contributed by atoms with Crippen LogP contribution in [0.3, 0.4) is 0 Å². The first-order valence-electron chi connectivity index (χ1n) is 7.78. The first-order chi connectivity index (χ1) is 11.1. The molecule has 1 aromatic heterocycles. The molecule has 0 spiro atoms. The third-order valence-corrected chi connectivity index (χ3v) is 3.36. The molecule has 0 saturated carbocycles. The van der Waals surface area contributed by atoms with Crippen LogP contribution in [-0.2, 0) is 0 Å². The van der Waals surface area contributed by atoms with Crippen LogP contribution in [0.1, 0.15) is 30.5 Å². The van der Waals surface area contributed by atoms with E-state index in [0.717, 1.165) is 36.5 Å². The predicted molar refractivity (Wildman–Crippen MR) is 91.3 cm³/mol. The third-order valence-electron chi connectivity index (χ3n) is 3.36. The molecule has 0 aliphatic rings. The van der Waals surface area contributed by atoms with Crippen LogP contribution in [0, 0.1) is 12.3 Å². The van der Waals surface area contributed by atoms with Crippen LogP contribution < -0.4 is 15.2 Å². The van der Waals surface area contributed by atoms with Crippen molar-refractivity contribution in [1.82, 2.24) is 4.98 Å². The van der Waals surface area contributed by atoms with Crippen molar-refractivity contribution < 1.29 is 9.47 Å². The van der Waals surface area contributed by atoms with Gasteiger partial charge in [0.05, 0.1) is 19.4 Å². The Morgan fingerprint density at radius 3 is 2.43 bits per heavy atom. The molecule has 0 aliphatic heterocycles. The number of nitrogens with one attached hydrogen (secondary N) is 1. The summed E-state index contributed by atoms with van der Waals surface area (Å²) in [5.41, 5.74) is 7.13. The molecule has 122 valence electrons. The molecule has 2 aromatic rings. The monoisotopic (exact) mass is 313 g/mol. The number of nitrogen functional groups attached to an aromatic ring is 1. The predicted octanol–water partition coefficient (Wildman–Crippen LogP) is 3.30. The number of unbranched alkanes of at least 4 members (excludes halogenated alkanes) is 2. The zero-order chi connectivity index (χ0) is 16.5. The van der Waals surface area contributed by atoms with Gasteiger partial charge >= 0.3 is 0 Å². The molecule has 1 heterocycles. The Balaban J connectivity index is 1.58. The average Bonchev–Trinajstić information content (AvgIpc) is 2.56. The van der Waals surface area contributed by atoms with Gasteiger partial charge in [0, 0.05) is 11.3 Å². The topological polar surface area (TPSA) is 81.2 Å². The number of hydrogen-bond donors (Lipinski definition) is 2. The number of aromatic nitrogens is 1. The lowest BCUT2D eigenvalue weighted by atomic mass is 10.2. The molecule has 0 aliphatic carbocycles. The van der Waals surface area contributed by atoms with Gasteiger partial charge in [-0.1, -0.05) is 12.1 Å². The summed E-state index contributed by atoms with van der Waals surface area (Å²) < 4.78 is 11.3. The Morgan fingerprint density at radius 1 is 1.04 bits per heavy atom. The number of nitrogens with two attached hydrogens (primary N) is 1. The van der Waals surface area contributed by atoms with Crippen molar-refractivity contribution in [1.29, 1.82) is 5.41 Å². The first-order valence-corrected chi connectivity index (χ1v) is 7.78. The Morgan fingerprint density at radius 2 is 1.78 bits per heavy atom. The molecule has 3 N–H and O–H groups in total. The van der Waals surface area contributed by atoms with Crippen molar-refractivity contribution in [2.24, 2.45) is 5.73 Å². The van der Waals surface area contributed by atoms with Crippen molar-refractivity contribution in [3.63, 3.8) is 0 Å². The summed E-state index contributed by atoms with van der Waals surface area (Å²) in [6.07, 6.45) is 4.72. The second-order valence-corrected chi connectivity index (χ2v) is 5.33. The van der Waals surface area contributed by atoms with E-state index in [1.54, 1.807) is 18.3 Å². The lowest BCUT2D eigenvalue weighted by molar-refractivity contribution is 0.279. The van der Waals surface area contributed by atoms with E-state index >= 15 is 0 Å². The summed E-state index contributed by atoms with van der Waals surface area (Å²) in [6.45, 7) is 3.29. The van der Waals surface area contributed by atoms with Crippen molar-refractivity contribution >= 4 is 5.84 Å². The van der Waals surface area contributed by atoms with E-state index in [9.17, 15) is 0 Å². The van der Waals surface area contributed by atoms with E-state index in [1.807, 2.05) is 31.2 Å². The SMILES string of the molecule is Cc1ccc(OCCCCCOc2cccc(C(=N)N)c2)cn1. The zero-order valence-electron chi connectivity index (χ0n) is 13.4. The molecule has 5 heteroatoms. The van der Waals surface area contributed by atoms with Crippen LogP contribution in [0.15, 0.2) is 42.6 Å². The molecule has 0 atom stereocenters. The van der Waals surface area contributed by atoms with Crippen molar-refractivity contribution in [3.8, 4) is 11.5 Å². The van der Waals surface area contributed by atoms with Gasteiger partial charge < -0.3 is 15.2 Å². The van der Waals surface area contributed by atoms with Gasteiger partial charge in [-0.05, 0) is 50.5 Å². The van der Waals surface area contributed by atoms with Crippen LogP contribution >= 0.6 is 0 Å². The van der Waals surface area contributed by atoms with E-state index < -0.39 is 0 Å². The van der Waals surface area contributed by atoms with E-state index in [1.165, 1.54) is 0 Å². The van der Waals surface area contributed by atoms with E-state index in [4.69, 9.17) is 20.6 Å². The van der Waals surface area contributed by atoms with Crippen LogP contribution in [0.25, 0.3) is 0 Å². The van der Waals surface area contributed by atoms with Crippen molar-refractivity contribution in [2.75, 3.05) is 13.2 Å². The highest BCUT2D eigenvalue weighted by molar-refractivity contribution is 5.95. The third kappa shape index (κ3) is 5.98. The number of pyridine rings is 1. The van der Waals surface area contributed by atoms with E-state index in [-0.39, 0.29) is 5.84 Å². The maximum Gasteiger partial charge on any atom is 0.137 e. The van der Waals surface area contributed by atoms with Crippen LogP contribution in [0.5, 0.6) is 11.5 Å². The Hall–Kier alpha value is -2.56. The molecule has 0 amide bonds. The minimum atomic E-state index is 0.0539. The quantitative estimate of drug-likeness (QED) is 0.423. The molecule has 5 nitrogen and oxygen atoms in total. The molecule has 23 heavy (non-hydrogen) atoms. The highest BCUT2D eigenvalue weighted by Crippen LogP contribution is 2.14. The lowest BCUT2D eigenvalue weighted by Crippen LogP contribution is -2.11. The maximum atomic E-state index is 7.41. The zero-order valence-corrected chi connectivity index (χ0v) is 13.4. The molecule has 0 saturated heterocycles. The maximum absolute atomic E-state index is 7.41. The standard InChI is InChI=1S/C18H23N3O2/c1-14-8-9-17(13-21-14)23-11-4-2-3-10-22-16-7-5-6-15(12-16)18(19)20/h5-9,12-13H,2-4,10-11H2,1H3,(H3,19,20). The van der Waals surface area contributed by atoms with E-state index in [0.29, 0.717) is 18.8 Å². The van der Waals surface area contributed by atoms with Gasteiger partial charge in [-0.2, -0.15) is 0 Å². The smallest absolute Gasteiger partial charge is 0.137 e. The minimum Gasteiger partial charge on any atom is -0.494 e. The Kier molecular flexibility index (Phi) is 6.41. The second-order valence-electron chi connectivity index (χ2n) is 5.33. The average molecular weight is 313 g/mol. The number of amidine groups is 1. The van der Waals surface area contributed by atoms with Crippen LogP contribution in [0.2, 0.25) is 0 Å². The number of rotatable bonds is 9. The summed E-state index contributed by atoms with van der Waals surface area (Å²) in [7, 11) is 0. The molecule has 2 rings (SSSR count). The van der Waals surface area contributed by atoms with Crippen molar-refractivity contribution in [2.45, 2.75) is 26.2 Å². The van der Waals surface area contributed by atoms with Gasteiger partial charge in [0.2, 0.25) is 0 Å². The van der Waals surface area contributed by atoms with Gasteiger partial charge in [-0.25, -0.2) is 0 Å². The molecule has 0 bridgehead atoms. The minimum absolute atomic E-state index is 0.0539.